The number of fused-ring (bicyclic) bond motifs is 11. The average molecular weight is 1500 g/mol. The second-order valence-electron chi connectivity index (χ2n) is 26.7. The maximum atomic E-state index is 14.3. The Bertz CT molecular complexity index is 4180. The van der Waals surface area contributed by atoms with Gasteiger partial charge in [-0.15, -0.1) is 0 Å². The SMILES string of the molecule is COc1cccc2c1C(=O)c1c(O)c3c(c(O)c1C2=O)CC(O)(C(=O)NCCNC(=O)C(CC(N)=O)NC(=O)C(C)NC(=O)C(C)NC(=O)CCOCCOCCOCCOCCNC(=O)CCC(=O)N1Cc2ccccc2-c2n[nH]nc2-c2ccccc21)CC3OC1CC2C(OC3C(OC)OCCN23)C(C)O1. The number of carbonyl (C=O) groups excluding carboxylic acids is 10. The fraction of sp³-hybridized carbons (Fsp3) is 0.507. The van der Waals surface area contributed by atoms with Gasteiger partial charge < -0.3 is 105 Å². The molecule has 35 nitrogen and oxygen atoms in total. The van der Waals surface area contributed by atoms with Crippen molar-refractivity contribution in [3.05, 3.63) is 106 Å². The van der Waals surface area contributed by atoms with Crippen molar-refractivity contribution >= 4 is 64.5 Å². The number of phenols is 2. The molecule has 5 aromatic rings. The van der Waals surface area contributed by atoms with Gasteiger partial charge in [-0.25, -0.2) is 0 Å². The number of carbonyl (C=O) groups is 10. The largest absolute Gasteiger partial charge is 0.507 e. The Labute approximate surface area is 620 Å². The van der Waals surface area contributed by atoms with Gasteiger partial charge in [0.25, 0.3) is 5.91 Å². The Morgan fingerprint density at radius 2 is 1.34 bits per heavy atom. The number of H-pyrrole nitrogens is 1. The van der Waals surface area contributed by atoms with Crippen LogP contribution in [0.15, 0.2) is 66.7 Å². The van der Waals surface area contributed by atoms with Crippen LogP contribution in [0.25, 0.3) is 22.5 Å². The summed E-state index contributed by atoms with van der Waals surface area (Å²) in [6.07, 6.45) is -6.85. The van der Waals surface area contributed by atoms with Crippen LogP contribution in [0.4, 0.5) is 5.69 Å². The van der Waals surface area contributed by atoms with Crippen LogP contribution in [-0.2, 0) is 94.0 Å². The second kappa shape index (κ2) is 35.9. The fourth-order valence-electron chi connectivity index (χ4n) is 14.2. The van der Waals surface area contributed by atoms with Crippen molar-refractivity contribution in [2.24, 2.45) is 5.73 Å². The van der Waals surface area contributed by atoms with Crippen LogP contribution in [0.2, 0.25) is 0 Å². The minimum Gasteiger partial charge on any atom is -0.507 e. The van der Waals surface area contributed by atoms with Crippen molar-refractivity contribution in [3.8, 4) is 39.8 Å². The molecule has 6 aliphatic rings. The van der Waals surface area contributed by atoms with E-state index in [9.17, 15) is 63.3 Å². The molecule has 35 heteroatoms. The normalized spacial score (nSPS) is 21.9. The van der Waals surface area contributed by atoms with Crippen molar-refractivity contribution in [2.75, 3.05) is 105 Å². The van der Waals surface area contributed by atoms with E-state index in [1.165, 1.54) is 46.3 Å². The first kappa shape index (κ1) is 79.1. The van der Waals surface area contributed by atoms with Crippen LogP contribution in [-0.4, -0.2) is 255 Å². The van der Waals surface area contributed by atoms with E-state index in [4.69, 9.17) is 53.1 Å². The summed E-state index contributed by atoms with van der Waals surface area (Å²) in [4.78, 5) is 138. The van der Waals surface area contributed by atoms with E-state index in [0.29, 0.717) is 36.8 Å². The molecule has 0 saturated carbocycles. The Hall–Kier alpha value is -9.92. The zero-order valence-electron chi connectivity index (χ0n) is 60.3. The Morgan fingerprint density at radius 1 is 0.694 bits per heavy atom. The molecule has 5 heterocycles. The number of phenolic OH excluding ortho intramolecular Hbond substituents is 2. The third-order valence-corrected chi connectivity index (χ3v) is 19.5. The van der Waals surface area contributed by atoms with Crippen molar-refractivity contribution in [2.45, 2.75) is 139 Å². The molecule has 3 fully saturated rings. The lowest BCUT2D eigenvalue weighted by atomic mass is 9.72. The number of ether oxygens (including phenoxy) is 10. The predicted molar refractivity (Wildman–Crippen MR) is 377 cm³/mol. The first-order valence-corrected chi connectivity index (χ1v) is 35.7. The van der Waals surface area contributed by atoms with E-state index < -0.39 is 150 Å². The number of aromatic nitrogens is 3. The van der Waals surface area contributed by atoms with Gasteiger partial charge in [-0.3, -0.25) is 52.8 Å². The number of nitrogens with one attached hydrogen (secondary N) is 7. The number of aliphatic hydroxyl groups is 1. The number of aromatic hydroxyl groups is 2. The number of morpholine rings is 1. The van der Waals surface area contributed by atoms with E-state index in [-0.39, 0.29) is 144 Å². The minimum absolute atomic E-state index is 0.00446. The maximum Gasteiger partial charge on any atom is 0.252 e. The van der Waals surface area contributed by atoms with Crippen LogP contribution in [0.5, 0.6) is 17.2 Å². The molecule has 4 aliphatic heterocycles. The summed E-state index contributed by atoms with van der Waals surface area (Å²) in [5.74, 6) is -8.80. The van der Waals surface area contributed by atoms with Gasteiger partial charge >= 0.3 is 0 Å². The standard InChI is InChI=1S/C73H90N12O23/c1-38(78-53(88)19-24-101-27-29-103-31-32-104-30-28-102-25-22-75-52(87)17-18-54(89)85-37-41-11-6-7-12-42(41)60-61(82-83-81-60)43-13-8-9-15-47(43)85)67(94)79-39(2)68(95)80-46(33-51(74)86)69(96)76-20-21-77-72(97)73(98)35-45-57(65(93)59-58(63(45)91)62(90)44-14-10-16-49(99-4)56(44)64(59)92)50(36-73)107-55-34-48-66(40(3)106-55)108-70-71(100-5)105-26-23-84(48)70/h6-16,38-40,46,48,50,55,66,70-71,91,93,98H,17-37H2,1-5H3,(H2,74,86)(H,75,87)(H,76,96)(H,77,97)(H,78,88)(H,79,94)(H,80,95)(H,81,82,83). The van der Waals surface area contributed by atoms with Crippen molar-refractivity contribution in [3.63, 3.8) is 0 Å². The molecule has 1 aromatic heterocycles. The highest BCUT2D eigenvalue weighted by Crippen LogP contribution is 2.53. The molecular formula is C73H90N12O23. The van der Waals surface area contributed by atoms with Crippen molar-refractivity contribution < 1.29 is 111 Å². The van der Waals surface area contributed by atoms with Gasteiger partial charge in [0.2, 0.25) is 47.1 Å². The highest BCUT2D eigenvalue weighted by atomic mass is 16.7. The zero-order chi connectivity index (χ0) is 76.9. The van der Waals surface area contributed by atoms with Crippen LogP contribution >= 0.6 is 0 Å². The molecule has 0 radical (unpaired) electrons. The highest BCUT2D eigenvalue weighted by Gasteiger charge is 2.56. The monoisotopic (exact) mass is 1500 g/mol. The number of anilines is 1. The summed E-state index contributed by atoms with van der Waals surface area (Å²) in [6, 6.07) is 15.2. The van der Waals surface area contributed by atoms with Gasteiger partial charge in [0, 0.05) is 106 Å². The number of ketones is 2. The number of nitrogens with two attached hydrogens (primary N) is 1. The molecule has 12 N–H and O–H groups in total. The molecule has 108 heavy (non-hydrogen) atoms. The number of benzene rings is 4. The Kier molecular flexibility index (Phi) is 26.3. The number of hydrogen-bond donors (Lipinski definition) is 11. The first-order chi connectivity index (χ1) is 52.0. The van der Waals surface area contributed by atoms with Gasteiger partial charge in [-0.1, -0.05) is 54.6 Å². The molecule has 0 spiro atoms. The van der Waals surface area contributed by atoms with E-state index >= 15 is 0 Å². The second-order valence-corrected chi connectivity index (χ2v) is 26.7. The molecule has 0 bridgehead atoms. The minimum atomic E-state index is -2.47. The fourth-order valence-corrected chi connectivity index (χ4v) is 14.2. The van der Waals surface area contributed by atoms with E-state index in [1.54, 1.807) is 11.8 Å². The smallest absolute Gasteiger partial charge is 0.252 e. The van der Waals surface area contributed by atoms with Crippen LogP contribution < -0.4 is 47.3 Å². The van der Waals surface area contributed by atoms with Crippen LogP contribution in [0.3, 0.4) is 0 Å². The lowest BCUT2D eigenvalue weighted by Crippen LogP contribution is -2.56. The highest BCUT2D eigenvalue weighted by molar-refractivity contribution is 6.31. The molecule has 8 amide bonds. The molecule has 3 saturated heterocycles. The van der Waals surface area contributed by atoms with E-state index in [0.717, 1.165) is 16.7 Å². The van der Waals surface area contributed by atoms with Gasteiger partial charge in [-0.2, -0.15) is 15.4 Å². The molecular weight excluding hydrogens is 1410 g/mol. The number of primary amides is 1. The predicted octanol–water partition coefficient (Wildman–Crippen LogP) is 0.104. The number of aromatic amines is 1. The van der Waals surface area contributed by atoms with E-state index in [2.05, 4.69) is 52.2 Å². The third-order valence-electron chi connectivity index (χ3n) is 19.5. The van der Waals surface area contributed by atoms with Gasteiger partial charge in [0.15, 0.2) is 24.6 Å². The zero-order valence-corrected chi connectivity index (χ0v) is 60.3. The van der Waals surface area contributed by atoms with Crippen LogP contribution in [0, 0.1) is 0 Å². The summed E-state index contributed by atoms with van der Waals surface area (Å²) >= 11 is 0. The quantitative estimate of drug-likeness (QED) is 0.0189. The Morgan fingerprint density at radius 3 is 2.06 bits per heavy atom. The Balaban J connectivity index is 0.562. The lowest BCUT2D eigenvalue weighted by molar-refractivity contribution is -0.256. The molecule has 11 rings (SSSR count). The number of amides is 8. The summed E-state index contributed by atoms with van der Waals surface area (Å²) in [6.45, 7) is 6.75. The first-order valence-electron chi connectivity index (χ1n) is 35.7. The maximum absolute atomic E-state index is 14.3. The number of nitrogens with zero attached hydrogens (tertiary/aromatic N) is 4. The molecule has 4 aromatic carbocycles. The van der Waals surface area contributed by atoms with Crippen molar-refractivity contribution in [1.29, 1.82) is 0 Å². The van der Waals surface area contributed by atoms with E-state index in [1.807, 2.05) is 48.5 Å². The summed E-state index contributed by atoms with van der Waals surface area (Å²) in [7, 11) is 2.80. The van der Waals surface area contributed by atoms with Gasteiger partial charge in [0.05, 0.1) is 114 Å². The number of hydrogen-bond acceptors (Lipinski definition) is 26. The topological polar surface area (TPSA) is 470 Å². The van der Waals surface area contributed by atoms with Crippen LogP contribution in [0.1, 0.15) is 114 Å². The van der Waals surface area contributed by atoms with Gasteiger partial charge in [0.1, 0.15) is 58.5 Å². The summed E-state index contributed by atoms with van der Waals surface area (Å²) in [5, 5.41) is 63.4. The molecule has 2 aliphatic carbocycles. The third kappa shape index (κ3) is 17.9. The lowest BCUT2D eigenvalue weighted by Gasteiger charge is -2.43. The van der Waals surface area contributed by atoms with Crippen molar-refractivity contribution in [1.82, 2.24) is 52.2 Å². The molecule has 11 atom stereocenters. The molecule has 580 valence electrons. The number of methoxy groups -OCH3 is 2. The average Bonchev–Trinajstić information content (AvgIpc) is 0.941. The molecule has 11 unspecified atom stereocenters. The number of para-hydroxylation sites is 1. The summed E-state index contributed by atoms with van der Waals surface area (Å²) in [5.41, 5.74) is 5.72. The number of rotatable bonds is 34. The van der Waals surface area contributed by atoms with Gasteiger partial charge in [-0.05, 0) is 38.5 Å². The summed E-state index contributed by atoms with van der Waals surface area (Å²) < 4.78 is 58.1.